The van der Waals surface area contributed by atoms with Crippen LogP contribution in [0.5, 0.6) is 0 Å². The van der Waals surface area contributed by atoms with E-state index in [1.54, 1.807) is 22.3 Å². The van der Waals surface area contributed by atoms with E-state index in [2.05, 4.69) is 175 Å². The molecule has 0 bridgehead atoms. The van der Waals surface area contributed by atoms with E-state index in [0.29, 0.717) is 7.25 Å². The number of allylic oxidation sites excluding steroid dienone is 2. The molecule has 2 unspecified atom stereocenters. The van der Waals surface area contributed by atoms with Crippen molar-refractivity contribution in [2.24, 2.45) is 0 Å². The summed E-state index contributed by atoms with van der Waals surface area (Å²) in [6, 6.07) is 33.1. The molecule has 4 aromatic rings. The SMILES string of the molecule is CC1=Cc2c(-c3ccc(C(C)(C)C)cc3)cccc2[CH]1[Zr]([CH3])([CH3])([CH]1C(C)=Cc2c(-c3ccc(C(C)(C)C)cc3)cccc21)[SiH](C)C. The van der Waals surface area contributed by atoms with E-state index in [0.717, 1.165) is 0 Å². The number of benzene rings is 4. The Balaban J connectivity index is 1.47. The predicted octanol–water partition coefficient (Wildman–Crippen LogP) is 13.0. The van der Waals surface area contributed by atoms with Crippen molar-refractivity contribution in [1.29, 1.82) is 0 Å². The third-order valence-electron chi connectivity index (χ3n) is 12.3. The Labute approximate surface area is 281 Å². The molecule has 0 aliphatic heterocycles. The molecule has 0 heterocycles. The van der Waals surface area contributed by atoms with Crippen molar-refractivity contribution in [1.82, 2.24) is 0 Å². The summed E-state index contributed by atoms with van der Waals surface area (Å²) in [7, 11) is 0. The van der Waals surface area contributed by atoms with Gasteiger partial charge in [-0.15, -0.1) is 0 Å². The molecule has 0 nitrogen and oxygen atoms in total. The molecule has 0 aromatic heterocycles. The summed E-state index contributed by atoms with van der Waals surface area (Å²) in [5.41, 5.74) is 17.9. The van der Waals surface area contributed by atoms with Crippen LogP contribution in [0.4, 0.5) is 0 Å². The van der Waals surface area contributed by atoms with Gasteiger partial charge in [0.25, 0.3) is 0 Å². The van der Waals surface area contributed by atoms with Crippen LogP contribution in [0.25, 0.3) is 34.4 Å². The van der Waals surface area contributed by atoms with Crippen LogP contribution >= 0.6 is 0 Å². The summed E-state index contributed by atoms with van der Waals surface area (Å²) < 4.78 is 6.85. The fraction of sp³-hybridized carbons (Fsp3) is 0.364. The van der Waals surface area contributed by atoms with Gasteiger partial charge in [-0.2, -0.15) is 0 Å². The molecule has 46 heavy (non-hydrogen) atoms. The molecule has 2 atom stereocenters. The Morgan fingerprint density at radius 2 is 0.870 bits per heavy atom. The van der Waals surface area contributed by atoms with Gasteiger partial charge in [0.2, 0.25) is 0 Å². The van der Waals surface area contributed by atoms with Gasteiger partial charge in [0.15, 0.2) is 0 Å². The fourth-order valence-electron chi connectivity index (χ4n) is 9.16. The Kier molecular flexibility index (Phi) is 8.18. The first-order valence-electron chi connectivity index (χ1n) is 17.5. The first-order valence-corrected chi connectivity index (χ1v) is 32.4. The van der Waals surface area contributed by atoms with Gasteiger partial charge in [-0.1, -0.05) is 0 Å². The molecule has 6 rings (SSSR count). The van der Waals surface area contributed by atoms with Gasteiger partial charge < -0.3 is 0 Å². The topological polar surface area (TPSA) is 0 Å². The first-order chi connectivity index (χ1) is 21.4. The second-order valence-electron chi connectivity index (χ2n) is 17.8. The van der Waals surface area contributed by atoms with Crippen LogP contribution in [0.1, 0.15) is 96.0 Å². The van der Waals surface area contributed by atoms with Gasteiger partial charge in [0.05, 0.1) is 0 Å². The summed E-state index contributed by atoms with van der Waals surface area (Å²) in [5, 5.41) is 0. The minimum atomic E-state index is -3.67. The van der Waals surface area contributed by atoms with Crippen molar-refractivity contribution in [3.63, 3.8) is 0 Å². The summed E-state index contributed by atoms with van der Waals surface area (Å²) in [5.74, 6) is -1.12. The standard InChI is InChI=1S/2C20H21.C2H7Si.2CH3.Zr/c2*1-14-12-16-6-5-7-18(19(16)13-14)15-8-10-17(11-9-15)20(2,3)4;1-3-2;;;/h2*5-13H,1-4H3;3H,1-2H3;2*1H3;. The molecule has 0 amide bonds. The van der Waals surface area contributed by atoms with E-state index in [1.807, 2.05) is 0 Å². The molecule has 0 radical (unpaired) electrons. The average molecular weight is 703 g/mol. The Bertz CT molecular complexity index is 1740. The second kappa shape index (κ2) is 11.3. The zero-order chi connectivity index (χ0) is 33.4. The van der Waals surface area contributed by atoms with E-state index in [-0.39, 0.29) is 10.8 Å². The third kappa shape index (κ3) is 5.27. The van der Waals surface area contributed by atoms with Crippen molar-refractivity contribution in [2.45, 2.75) is 95.8 Å². The zero-order valence-corrected chi connectivity index (χ0v) is 34.1. The molecule has 0 spiro atoms. The monoisotopic (exact) mass is 701 g/mol. The molecule has 0 fully saturated rings. The summed E-state index contributed by atoms with van der Waals surface area (Å²) in [6.45, 7) is 24.1. The normalized spacial score (nSPS) is 18.9. The molecule has 2 aliphatic rings. The van der Waals surface area contributed by atoms with Crippen molar-refractivity contribution in [2.75, 3.05) is 0 Å². The van der Waals surface area contributed by atoms with E-state index in [4.69, 9.17) is 0 Å². The zero-order valence-electron chi connectivity index (χ0n) is 30.5. The molecule has 2 aliphatic carbocycles. The average Bonchev–Trinajstić information content (AvgIpc) is 3.52. The van der Waals surface area contributed by atoms with Crippen LogP contribution in [0.15, 0.2) is 96.1 Å². The molecular weight excluding hydrogens is 648 g/mol. The summed E-state index contributed by atoms with van der Waals surface area (Å²) in [4.78, 5) is 0. The Morgan fingerprint density at radius 3 is 1.17 bits per heavy atom. The molecule has 0 N–H and O–H groups in total. The summed E-state index contributed by atoms with van der Waals surface area (Å²) in [6.07, 6.45) is 5.15. The van der Waals surface area contributed by atoms with Crippen LogP contribution in [0, 0.1) is 0 Å². The number of hydrogen-bond donors (Lipinski definition) is 0. The molecular formula is C44H55SiZr. The molecule has 0 saturated carbocycles. The van der Waals surface area contributed by atoms with Crippen LogP contribution < -0.4 is 0 Å². The van der Waals surface area contributed by atoms with Gasteiger partial charge in [0, 0.05) is 0 Å². The minimum absolute atomic E-state index is 0.157. The summed E-state index contributed by atoms with van der Waals surface area (Å²) >= 11 is -3.67. The Morgan fingerprint density at radius 1 is 0.522 bits per heavy atom. The van der Waals surface area contributed by atoms with Crippen LogP contribution in [-0.4, -0.2) is 5.92 Å². The van der Waals surface area contributed by atoms with Crippen molar-refractivity contribution in [3.8, 4) is 22.3 Å². The van der Waals surface area contributed by atoms with Crippen LogP contribution in [-0.2, 0) is 28.8 Å². The quantitative estimate of drug-likeness (QED) is 0.182. The van der Waals surface area contributed by atoms with Gasteiger partial charge in [0.1, 0.15) is 0 Å². The van der Waals surface area contributed by atoms with Crippen LogP contribution in [0.2, 0.25) is 22.4 Å². The van der Waals surface area contributed by atoms with Crippen molar-refractivity contribution >= 4 is 18.1 Å². The van der Waals surface area contributed by atoms with E-state index in [1.165, 1.54) is 44.5 Å². The number of fused-ring (bicyclic) bond motifs is 2. The number of hydrogen-bond acceptors (Lipinski definition) is 0. The van der Waals surface area contributed by atoms with Gasteiger partial charge >= 0.3 is 284 Å². The van der Waals surface area contributed by atoms with E-state index in [9.17, 15) is 0 Å². The maximum absolute atomic E-state index is 3.67. The first kappa shape index (κ1) is 33.4. The van der Waals surface area contributed by atoms with Crippen molar-refractivity contribution < 1.29 is 17.9 Å². The second-order valence-corrected chi connectivity index (χ2v) is 55.7. The maximum atomic E-state index is 2.86. The van der Waals surface area contributed by atoms with E-state index < -0.39 is 23.9 Å². The van der Waals surface area contributed by atoms with E-state index >= 15 is 0 Å². The molecule has 4 aromatic carbocycles. The van der Waals surface area contributed by atoms with Crippen LogP contribution in [0.3, 0.4) is 0 Å². The predicted molar refractivity (Wildman–Crippen MR) is 205 cm³/mol. The molecule has 0 saturated heterocycles. The Hall–Kier alpha value is -2.54. The number of rotatable bonds is 5. The van der Waals surface area contributed by atoms with Gasteiger partial charge in [-0.05, 0) is 0 Å². The van der Waals surface area contributed by atoms with Crippen molar-refractivity contribution in [3.05, 3.63) is 129 Å². The molecule has 239 valence electrons. The third-order valence-corrected chi connectivity index (χ3v) is 59.5. The van der Waals surface area contributed by atoms with Gasteiger partial charge in [-0.3, -0.25) is 0 Å². The fourth-order valence-corrected chi connectivity index (χ4v) is 39.9. The van der Waals surface area contributed by atoms with Gasteiger partial charge in [-0.25, -0.2) is 0 Å². The molecule has 2 heteroatoms.